The van der Waals surface area contributed by atoms with E-state index in [2.05, 4.69) is 74.8 Å². The molecule has 175 valence electrons. The quantitative estimate of drug-likeness (QED) is 0.326. The number of nitrogens with one attached hydrogen (secondary N) is 1. The summed E-state index contributed by atoms with van der Waals surface area (Å²) in [5.74, 6) is 2.17. The van der Waals surface area contributed by atoms with Gasteiger partial charge in [-0.05, 0) is 47.7 Å². The Labute approximate surface area is 203 Å². The molecule has 7 nitrogen and oxygen atoms in total. The molecular weight excluding hydrogens is 438 g/mol. The van der Waals surface area contributed by atoms with Crippen LogP contribution in [0, 0.1) is 6.42 Å². The van der Waals surface area contributed by atoms with E-state index in [-0.39, 0.29) is 0 Å². The van der Waals surface area contributed by atoms with Gasteiger partial charge >= 0.3 is 6.09 Å². The number of para-hydroxylation sites is 1. The number of nitrogens with two attached hydrogens (primary N) is 1. The summed E-state index contributed by atoms with van der Waals surface area (Å²) < 4.78 is 7.11. The molecule has 3 aromatic carbocycles. The second-order valence-corrected chi connectivity index (χ2v) is 8.38. The highest BCUT2D eigenvalue weighted by molar-refractivity contribution is 5.83. The number of carbonyl (C=O) groups is 1. The average Bonchev–Trinajstić information content (AvgIpc) is 3.46. The third kappa shape index (κ3) is 5.41. The number of H-pyrrole nitrogens is 1. The highest BCUT2D eigenvalue weighted by Crippen LogP contribution is 2.21. The van der Waals surface area contributed by atoms with Gasteiger partial charge in [0.05, 0.1) is 6.54 Å². The summed E-state index contributed by atoms with van der Waals surface area (Å²) in [4.78, 5) is 14.3. The molecule has 0 saturated heterocycles. The third-order valence-electron chi connectivity index (χ3n) is 6.00. The Kier molecular flexibility index (Phi) is 6.57. The lowest BCUT2D eigenvalue weighted by Crippen LogP contribution is -2.16. The van der Waals surface area contributed by atoms with Crippen molar-refractivity contribution in [1.29, 1.82) is 0 Å². The van der Waals surface area contributed by atoms with Crippen LogP contribution in [0.15, 0.2) is 85.1 Å². The third-order valence-corrected chi connectivity index (χ3v) is 6.00. The number of aromatic nitrogens is 4. The molecule has 0 atom stereocenters. The van der Waals surface area contributed by atoms with Gasteiger partial charge in [0, 0.05) is 29.9 Å². The van der Waals surface area contributed by atoms with E-state index in [9.17, 15) is 4.79 Å². The molecule has 5 rings (SSSR count). The van der Waals surface area contributed by atoms with Crippen molar-refractivity contribution in [2.45, 2.75) is 25.8 Å². The van der Waals surface area contributed by atoms with Crippen LogP contribution in [0.4, 0.5) is 4.79 Å². The monoisotopic (exact) mass is 464 g/mol. The summed E-state index contributed by atoms with van der Waals surface area (Å²) in [5.41, 5.74) is 9.76. The van der Waals surface area contributed by atoms with E-state index in [1.54, 1.807) is 12.1 Å². The Morgan fingerprint density at radius 2 is 1.69 bits per heavy atom. The second-order valence-electron chi connectivity index (χ2n) is 8.38. The number of aromatic amines is 1. The fourth-order valence-corrected chi connectivity index (χ4v) is 4.22. The Bertz CT molecular complexity index is 1420. The number of amides is 1. The molecule has 35 heavy (non-hydrogen) atoms. The summed E-state index contributed by atoms with van der Waals surface area (Å²) in [6, 6.07) is 26.0. The first kappa shape index (κ1) is 22.4. The van der Waals surface area contributed by atoms with Gasteiger partial charge in [-0.1, -0.05) is 60.7 Å². The van der Waals surface area contributed by atoms with Gasteiger partial charge in [0.15, 0.2) is 0 Å². The standard InChI is InChI=1S/C28H26N5O2/c29-28(34)35-23-14-10-21(11-15-23)19-33-26(16-12-20-6-2-1-3-7-20)31-32-27(33)17-13-22-18-30-25-9-5-4-8-24(22)25/h1-11,14-15,17-18,30H,12-13,16,19H2,(H2,29,34). The topological polar surface area (TPSA) is 98.8 Å². The molecule has 0 fully saturated rings. The molecule has 2 heterocycles. The van der Waals surface area contributed by atoms with Crippen molar-refractivity contribution in [3.63, 3.8) is 0 Å². The minimum Gasteiger partial charge on any atom is -0.411 e. The first-order chi connectivity index (χ1) is 17.2. The van der Waals surface area contributed by atoms with Crippen LogP contribution < -0.4 is 10.5 Å². The van der Waals surface area contributed by atoms with Crippen molar-refractivity contribution in [1.82, 2.24) is 19.7 Å². The zero-order chi connectivity index (χ0) is 24.0. The van der Waals surface area contributed by atoms with Crippen LogP contribution in [0.5, 0.6) is 5.75 Å². The highest BCUT2D eigenvalue weighted by Gasteiger charge is 2.15. The van der Waals surface area contributed by atoms with Crippen molar-refractivity contribution < 1.29 is 9.53 Å². The molecule has 3 N–H and O–H groups in total. The number of rotatable bonds is 9. The maximum atomic E-state index is 11.0. The fourth-order valence-electron chi connectivity index (χ4n) is 4.22. The first-order valence-corrected chi connectivity index (χ1v) is 11.6. The molecule has 1 radical (unpaired) electrons. The van der Waals surface area contributed by atoms with Crippen molar-refractivity contribution >= 4 is 17.0 Å². The molecule has 2 aromatic heterocycles. The molecule has 0 aliphatic rings. The maximum absolute atomic E-state index is 11.0. The number of hydrogen-bond donors (Lipinski definition) is 2. The maximum Gasteiger partial charge on any atom is 0.409 e. The Morgan fingerprint density at radius 1 is 0.914 bits per heavy atom. The molecule has 0 bridgehead atoms. The van der Waals surface area contributed by atoms with Crippen LogP contribution in [0.2, 0.25) is 0 Å². The van der Waals surface area contributed by atoms with E-state index in [4.69, 9.17) is 10.5 Å². The van der Waals surface area contributed by atoms with Crippen molar-refractivity contribution in [3.8, 4) is 5.75 Å². The van der Waals surface area contributed by atoms with Crippen LogP contribution in [0.25, 0.3) is 10.9 Å². The normalized spacial score (nSPS) is 11.1. The Morgan fingerprint density at radius 3 is 2.49 bits per heavy atom. The van der Waals surface area contributed by atoms with Crippen LogP contribution in [-0.4, -0.2) is 25.8 Å². The number of fused-ring (bicyclic) bond motifs is 1. The molecule has 0 saturated carbocycles. The molecule has 0 unspecified atom stereocenters. The lowest BCUT2D eigenvalue weighted by molar-refractivity contribution is 0.211. The summed E-state index contributed by atoms with van der Waals surface area (Å²) in [5, 5.41) is 10.3. The largest absolute Gasteiger partial charge is 0.411 e. The zero-order valence-electron chi connectivity index (χ0n) is 19.2. The van der Waals surface area contributed by atoms with E-state index in [1.165, 1.54) is 16.5 Å². The van der Waals surface area contributed by atoms with E-state index < -0.39 is 6.09 Å². The highest BCUT2D eigenvalue weighted by atomic mass is 16.5. The van der Waals surface area contributed by atoms with Crippen molar-refractivity contribution in [2.75, 3.05) is 0 Å². The van der Waals surface area contributed by atoms with Gasteiger partial charge in [-0.25, -0.2) is 4.79 Å². The SMILES string of the molecule is NC(=O)Oc1ccc(Cn2c([CH]Cc3c[nH]c4ccccc34)nnc2CCc2ccccc2)cc1. The summed E-state index contributed by atoms with van der Waals surface area (Å²) in [6.45, 7) is 0.605. The van der Waals surface area contributed by atoms with Gasteiger partial charge in [0.25, 0.3) is 0 Å². The van der Waals surface area contributed by atoms with Crippen molar-refractivity contribution in [3.05, 3.63) is 120 Å². The fraction of sp³-hybridized carbons (Fsp3) is 0.143. The predicted molar refractivity (Wildman–Crippen MR) is 135 cm³/mol. The first-order valence-electron chi connectivity index (χ1n) is 11.6. The molecule has 5 aromatic rings. The molecular formula is C28H26N5O2. The number of benzene rings is 3. The Balaban J connectivity index is 1.37. The van der Waals surface area contributed by atoms with Gasteiger partial charge in [0.1, 0.15) is 17.4 Å². The van der Waals surface area contributed by atoms with Crippen LogP contribution in [0.3, 0.4) is 0 Å². The number of nitrogens with zero attached hydrogens (tertiary/aromatic N) is 3. The smallest absolute Gasteiger partial charge is 0.409 e. The number of ether oxygens (including phenoxy) is 1. The van der Waals surface area contributed by atoms with Crippen LogP contribution in [-0.2, 0) is 25.8 Å². The summed E-state index contributed by atoms with van der Waals surface area (Å²) in [7, 11) is 0. The van der Waals surface area contributed by atoms with Crippen LogP contribution in [0.1, 0.15) is 28.3 Å². The second kappa shape index (κ2) is 10.3. The number of carbonyl (C=O) groups excluding carboxylic acids is 1. The molecule has 0 spiro atoms. The minimum atomic E-state index is -0.825. The van der Waals surface area contributed by atoms with Crippen molar-refractivity contribution in [2.24, 2.45) is 5.73 Å². The average molecular weight is 465 g/mol. The number of primary amides is 1. The van der Waals surface area contributed by atoms with E-state index in [0.717, 1.165) is 42.0 Å². The summed E-state index contributed by atoms with van der Waals surface area (Å²) in [6.07, 6.45) is 5.75. The van der Waals surface area contributed by atoms with E-state index >= 15 is 0 Å². The lowest BCUT2D eigenvalue weighted by Gasteiger charge is -2.11. The molecule has 0 aliphatic carbocycles. The van der Waals surface area contributed by atoms with Gasteiger partial charge in [-0.15, -0.1) is 10.2 Å². The molecule has 1 amide bonds. The molecule has 0 aliphatic heterocycles. The van der Waals surface area contributed by atoms with Gasteiger partial charge in [-0.3, -0.25) is 0 Å². The zero-order valence-corrected chi connectivity index (χ0v) is 19.2. The summed E-state index contributed by atoms with van der Waals surface area (Å²) >= 11 is 0. The lowest BCUT2D eigenvalue weighted by atomic mass is 10.1. The predicted octanol–water partition coefficient (Wildman–Crippen LogP) is 4.85. The minimum absolute atomic E-state index is 0.417. The van der Waals surface area contributed by atoms with Gasteiger partial charge < -0.3 is 20.0 Å². The van der Waals surface area contributed by atoms with Gasteiger partial charge in [-0.2, -0.15) is 0 Å². The van der Waals surface area contributed by atoms with E-state index in [1.807, 2.05) is 24.3 Å². The van der Waals surface area contributed by atoms with E-state index in [0.29, 0.717) is 12.3 Å². The number of aryl methyl sites for hydroxylation is 2. The van der Waals surface area contributed by atoms with Crippen LogP contribution >= 0.6 is 0 Å². The number of hydrogen-bond acceptors (Lipinski definition) is 4. The van der Waals surface area contributed by atoms with Gasteiger partial charge in [0.2, 0.25) is 0 Å². The Hall–Kier alpha value is -4.39. The molecule has 7 heteroatoms.